The van der Waals surface area contributed by atoms with Crippen LogP contribution in [0.4, 0.5) is 0 Å². The Morgan fingerprint density at radius 3 is 2.39 bits per heavy atom. The first-order chi connectivity index (χ1) is 11.4. The lowest BCUT2D eigenvalue weighted by molar-refractivity contribution is -0.706. The van der Waals surface area contributed by atoms with Crippen molar-refractivity contribution >= 4 is 11.3 Å². The number of quaternary nitrogens is 1. The molecular weight excluding hydrogens is 302 g/mol. The number of hydrogen-bond acceptors (Lipinski definition) is 2. The Bertz CT molecular complexity index is 542. The fourth-order valence-corrected chi connectivity index (χ4v) is 3.91. The molecule has 0 radical (unpaired) electrons. The summed E-state index contributed by atoms with van der Waals surface area (Å²) in [7, 11) is 0. The molecule has 2 nitrogen and oxygen atoms in total. The smallest absolute Gasteiger partial charge is 0.122 e. The zero-order valence-corrected chi connectivity index (χ0v) is 14.7. The lowest BCUT2D eigenvalue weighted by atomic mass is 9.96. The molecule has 1 saturated carbocycles. The van der Waals surface area contributed by atoms with Gasteiger partial charge in [-0.1, -0.05) is 25.3 Å². The van der Waals surface area contributed by atoms with Crippen LogP contribution in [0, 0.1) is 0 Å². The molecule has 0 spiro atoms. The number of ether oxygens (including phenoxy) is 1. The van der Waals surface area contributed by atoms with Crippen molar-refractivity contribution in [1.82, 2.24) is 0 Å². The zero-order valence-electron chi connectivity index (χ0n) is 13.9. The van der Waals surface area contributed by atoms with Crippen molar-refractivity contribution in [3.05, 3.63) is 52.2 Å². The van der Waals surface area contributed by atoms with Gasteiger partial charge in [0.15, 0.2) is 0 Å². The van der Waals surface area contributed by atoms with Crippen LogP contribution >= 0.6 is 11.3 Å². The van der Waals surface area contributed by atoms with E-state index in [9.17, 15) is 0 Å². The molecule has 0 saturated heterocycles. The Labute approximate surface area is 143 Å². The van der Waals surface area contributed by atoms with Gasteiger partial charge in [-0.15, -0.1) is 11.3 Å². The standard InChI is InChI=1S/C20H27NOS/c1-2-4-7-18(8-5-3-1)21-15-17-10-12-19(13-11-17)22-16-20-9-6-14-23-20/h6,9-14,18,21H,1-5,7-8,15-16H2/p+1. The number of thiophene rings is 1. The lowest BCUT2D eigenvalue weighted by Gasteiger charge is -2.18. The normalized spacial score (nSPS) is 16.7. The zero-order chi connectivity index (χ0) is 15.7. The summed E-state index contributed by atoms with van der Waals surface area (Å²) < 4.78 is 5.83. The lowest BCUT2D eigenvalue weighted by Crippen LogP contribution is -2.88. The summed E-state index contributed by atoms with van der Waals surface area (Å²) in [5.41, 5.74) is 1.40. The maximum atomic E-state index is 5.83. The molecule has 0 aliphatic heterocycles. The molecule has 124 valence electrons. The van der Waals surface area contributed by atoms with E-state index in [0.29, 0.717) is 6.61 Å². The van der Waals surface area contributed by atoms with Gasteiger partial charge in [-0.3, -0.25) is 0 Å². The fourth-order valence-electron chi connectivity index (χ4n) is 3.30. The first kappa shape index (κ1) is 16.5. The second kappa shape index (κ2) is 9.09. The quantitative estimate of drug-likeness (QED) is 0.829. The highest BCUT2D eigenvalue weighted by atomic mass is 32.1. The maximum absolute atomic E-state index is 5.83. The van der Waals surface area contributed by atoms with E-state index in [4.69, 9.17) is 4.74 Å². The number of rotatable bonds is 6. The van der Waals surface area contributed by atoms with Crippen LogP contribution in [0.15, 0.2) is 41.8 Å². The molecule has 1 aliphatic rings. The Kier molecular flexibility index (Phi) is 6.54. The summed E-state index contributed by atoms with van der Waals surface area (Å²) in [6, 6.07) is 13.6. The molecule has 0 unspecified atom stereocenters. The highest BCUT2D eigenvalue weighted by Crippen LogP contribution is 2.17. The Morgan fingerprint density at radius 1 is 0.957 bits per heavy atom. The monoisotopic (exact) mass is 330 g/mol. The number of hydrogen-bond donors (Lipinski definition) is 1. The van der Waals surface area contributed by atoms with Gasteiger partial charge in [0.1, 0.15) is 18.9 Å². The van der Waals surface area contributed by atoms with Crippen LogP contribution in [-0.2, 0) is 13.2 Å². The Morgan fingerprint density at radius 2 is 1.70 bits per heavy atom. The summed E-state index contributed by atoms with van der Waals surface area (Å²) in [6.45, 7) is 1.76. The van der Waals surface area contributed by atoms with E-state index < -0.39 is 0 Å². The minimum Gasteiger partial charge on any atom is -0.488 e. The maximum Gasteiger partial charge on any atom is 0.122 e. The SMILES string of the molecule is c1csc(COc2ccc(C[NH2+]C3CCCCCCC3)cc2)c1. The van der Waals surface area contributed by atoms with E-state index in [1.165, 1.54) is 55.4 Å². The van der Waals surface area contributed by atoms with E-state index in [2.05, 4.69) is 47.1 Å². The van der Waals surface area contributed by atoms with Crippen molar-refractivity contribution < 1.29 is 10.1 Å². The molecule has 0 amide bonds. The summed E-state index contributed by atoms with van der Waals surface area (Å²) in [6.07, 6.45) is 9.91. The highest BCUT2D eigenvalue weighted by molar-refractivity contribution is 7.09. The average Bonchev–Trinajstić information content (AvgIpc) is 3.06. The molecule has 0 atom stereocenters. The van der Waals surface area contributed by atoms with E-state index in [-0.39, 0.29) is 0 Å². The van der Waals surface area contributed by atoms with Gasteiger partial charge in [-0.05, 0) is 61.4 Å². The second-order valence-electron chi connectivity index (χ2n) is 6.56. The van der Waals surface area contributed by atoms with Gasteiger partial charge in [0.2, 0.25) is 0 Å². The van der Waals surface area contributed by atoms with Crippen molar-refractivity contribution in [3.63, 3.8) is 0 Å². The summed E-state index contributed by atoms with van der Waals surface area (Å²) >= 11 is 1.74. The first-order valence-electron chi connectivity index (χ1n) is 8.97. The topological polar surface area (TPSA) is 25.8 Å². The molecule has 2 aromatic rings. The third-order valence-corrected chi connectivity index (χ3v) is 5.57. The largest absolute Gasteiger partial charge is 0.488 e. The third-order valence-electron chi connectivity index (χ3n) is 4.72. The van der Waals surface area contributed by atoms with Crippen LogP contribution in [0.2, 0.25) is 0 Å². The van der Waals surface area contributed by atoms with Crippen LogP contribution in [0.1, 0.15) is 55.4 Å². The van der Waals surface area contributed by atoms with Crippen LogP contribution in [0.5, 0.6) is 5.75 Å². The van der Waals surface area contributed by atoms with Crippen molar-refractivity contribution in [3.8, 4) is 5.75 Å². The summed E-state index contributed by atoms with van der Waals surface area (Å²) in [5.74, 6) is 0.966. The van der Waals surface area contributed by atoms with Crippen molar-refractivity contribution in [2.24, 2.45) is 0 Å². The molecule has 1 aromatic heterocycles. The van der Waals surface area contributed by atoms with E-state index in [1.807, 2.05) is 0 Å². The molecule has 1 aliphatic carbocycles. The summed E-state index contributed by atoms with van der Waals surface area (Å²) in [5, 5.41) is 4.64. The van der Waals surface area contributed by atoms with Gasteiger partial charge >= 0.3 is 0 Å². The van der Waals surface area contributed by atoms with Gasteiger partial charge < -0.3 is 10.1 Å². The minimum absolute atomic E-state index is 0.672. The van der Waals surface area contributed by atoms with Crippen molar-refractivity contribution in [1.29, 1.82) is 0 Å². The minimum atomic E-state index is 0.672. The number of benzene rings is 1. The van der Waals surface area contributed by atoms with E-state index in [1.54, 1.807) is 11.3 Å². The van der Waals surface area contributed by atoms with Gasteiger partial charge in [0.05, 0.1) is 6.04 Å². The van der Waals surface area contributed by atoms with Gasteiger partial charge in [-0.25, -0.2) is 0 Å². The molecule has 1 aromatic carbocycles. The second-order valence-corrected chi connectivity index (χ2v) is 7.59. The van der Waals surface area contributed by atoms with Gasteiger partial charge in [0, 0.05) is 10.4 Å². The fraction of sp³-hybridized carbons (Fsp3) is 0.500. The Hall–Kier alpha value is -1.32. The predicted molar refractivity (Wildman–Crippen MR) is 96.8 cm³/mol. The number of nitrogens with two attached hydrogens (primary N) is 1. The first-order valence-corrected chi connectivity index (χ1v) is 9.85. The molecule has 23 heavy (non-hydrogen) atoms. The van der Waals surface area contributed by atoms with Crippen LogP contribution in [0.3, 0.4) is 0 Å². The molecular formula is C20H28NOS+. The predicted octanol–water partition coefficient (Wildman–Crippen LogP) is 4.50. The Balaban J connectivity index is 1.43. The summed E-state index contributed by atoms with van der Waals surface area (Å²) in [4.78, 5) is 1.27. The average molecular weight is 331 g/mol. The third kappa shape index (κ3) is 5.67. The van der Waals surface area contributed by atoms with Crippen molar-refractivity contribution in [2.45, 2.75) is 64.1 Å². The van der Waals surface area contributed by atoms with E-state index >= 15 is 0 Å². The van der Waals surface area contributed by atoms with Gasteiger partial charge in [0.25, 0.3) is 0 Å². The molecule has 1 fully saturated rings. The van der Waals surface area contributed by atoms with Crippen molar-refractivity contribution in [2.75, 3.05) is 0 Å². The molecule has 3 heteroatoms. The highest BCUT2D eigenvalue weighted by Gasteiger charge is 2.13. The van der Waals surface area contributed by atoms with Gasteiger partial charge in [-0.2, -0.15) is 0 Å². The molecule has 0 bridgehead atoms. The van der Waals surface area contributed by atoms with Crippen LogP contribution in [0.25, 0.3) is 0 Å². The van der Waals surface area contributed by atoms with Crippen LogP contribution < -0.4 is 10.1 Å². The molecule has 3 rings (SSSR count). The molecule has 2 N–H and O–H groups in total. The van der Waals surface area contributed by atoms with Crippen LogP contribution in [-0.4, -0.2) is 6.04 Å². The molecule has 1 heterocycles. The van der Waals surface area contributed by atoms with E-state index in [0.717, 1.165) is 18.3 Å².